The van der Waals surface area contributed by atoms with Crippen LogP contribution in [0.5, 0.6) is 0 Å². The lowest BCUT2D eigenvalue weighted by Crippen LogP contribution is -2.20. The Labute approximate surface area is 119 Å². The van der Waals surface area contributed by atoms with Crippen molar-refractivity contribution in [1.82, 2.24) is 24.8 Å². The number of nitrogen functional groups attached to an aromatic ring is 1. The summed E-state index contributed by atoms with van der Waals surface area (Å²) in [7, 11) is 1.23. The summed E-state index contributed by atoms with van der Waals surface area (Å²) < 4.78 is 6.92. The van der Waals surface area contributed by atoms with E-state index in [4.69, 9.17) is 5.73 Å². The van der Waals surface area contributed by atoms with E-state index in [1.165, 1.54) is 22.7 Å². The van der Waals surface area contributed by atoms with E-state index in [0.717, 1.165) is 0 Å². The molecule has 0 radical (unpaired) electrons. The zero-order valence-electron chi connectivity index (χ0n) is 11.8. The van der Waals surface area contributed by atoms with Gasteiger partial charge in [-0.05, 0) is 13.8 Å². The quantitative estimate of drug-likeness (QED) is 0.826. The van der Waals surface area contributed by atoms with E-state index in [2.05, 4.69) is 25.5 Å². The normalized spacial score (nSPS) is 10.4. The number of aryl methyl sites for hydroxylation is 1. The highest BCUT2D eigenvalue weighted by atomic mass is 16.5. The van der Waals surface area contributed by atoms with Crippen molar-refractivity contribution in [3.8, 4) is 0 Å². The summed E-state index contributed by atoms with van der Waals surface area (Å²) in [4.78, 5) is 23.1. The van der Waals surface area contributed by atoms with Crippen molar-refractivity contribution in [1.29, 1.82) is 0 Å². The first-order valence-corrected chi connectivity index (χ1v) is 6.02. The van der Waals surface area contributed by atoms with E-state index in [1.807, 2.05) is 0 Å². The van der Waals surface area contributed by atoms with Crippen LogP contribution in [0.4, 0.5) is 16.3 Å². The number of amides is 1. The third kappa shape index (κ3) is 2.99. The lowest BCUT2D eigenvalue weighted by molar-refractivity contribution is 0.0866. The second-order valence-electron chi connectivity index (χ2n) is 4.31. The fraction of sp³-hybridized carbons (Fsp3) is 0.364. The molecule has 2 aromatic rings. The molecule has 0 aliphatic heterocycles. The van der Waals surface area contributed by atoms with E-state index in [-0.39, 0.29) is 18.3 Å². The zero-order valence-corrected chi connectivity index (χ0v) is 11.8. The maximum atomic E-state index is 12.1. The van der Waals surface area contributed by atoms with Crippen LogP contribution >= 0.6 is 0 Å². The number of rotatable bonds is 3. The summed E-state index contributed by atoms with van der Waals surface area (Å²) in [6, 6.07) is 0. The Kier molecular flexibility index (Phi) is 3.87. The number of nitrogens with zero attached hydrogens (tertiary/aromatic N) is 5. The number of methoxy groups -OCH3 is 1. The summed E-state index contributed by atoms with van der Waals surface area (Å²) in [6.45, 7) is 3.34. The fourth-order valence-corrected chi connectivity index (χ4v) is 1.69. The average molecular weight is 293 g/mol. The Bertz CT molecular complexity index is 688. The topological polar surface area (TPSA) is 130 Å². The zero-order chi connectivity index (χ0) is 15.6. The molecule has 0 fully saturated rings. The third-order valence-electron chi connectivity index (χ3n) is 2.83. The summed E-state index contributed by atoms with van der Waals surface area (Å²) in [5.74, 6) is -0.135. The second kappa shape index (κ2) is 5.61. The van der Waals surface area contributed by atoms with Crippen LogP contribution in [0.25, 0.3) is 0 Å². The van der Waals surface area contributed by atoms with Gasteiger partial charge < -0.3 is 10.5 Å². The number of nitrogens with one attached hydrogen (secondary N) is 1. The number of hydrogen-bond donors (Lipinski definition) is 2. The van der Waals surface area contributed by atoms with E-state index in [0.29, 0.717) is 17.1 Å². The van der Waals surface area contributed by atoms with Crippen molar-refractivity contribution in [3.05, 3.63) is 17.6 Å². The lowest BCUT2D eigenvalue weighted by Gasteiger charge is -2.02. The molecule has 2 heterocycles. The van der Waals surface area contributed by atoms with Gasteiger partial charge in [-0.15, -0.1) is 5.10 Å². The van der Waals surface area contributed by atoms with E-state index >= 15 is 0 Å². The van der Waals surface area contributed by atoms with Crippen molar-refractivity contribution < 1.29 is 14.3 Å². The van der Waals surface area contributed by atoms with Crippen molar-refractivity contribution >= 4 is 23.5 Å². The molecule has 0 aliphatic carbocycles. The Morgan fingerprint density at radius 1 is 1.43 bits per heavy atom. The Morgan fingerprint density at radius 3 is 2.71 bits per heavy atom. The highest BCUT2D eigenvalue weighted by molar-refractivity contribution is 5.83. The maximum absolute atomic E-state index is 12.1. The van der Waals surface area contributed by atoms with Gasteiger partial charge in [0.15, 0.2) is 5.82 Å². The summed E-state index contributed by atoms with van der Waals surface area (Å²) in [5, 5.41) is 13.8. The van der Waals surface area contributed by atoms with Crippen LogP contribution in [0.15, 0.2) is 6.20 Å². The van der Waals surface area contributed by atoms with Crippen molar-refractivity contribution in [2.24, 2.45) is 0 Å². The first-order valence-electron chi connectivity index (χ1n) is 6.02. The maximum Gasteiger partial charge on any atom is 0.412 e. The van der Waals surface area contributed by atoms with Crippen LogP contribution in [0, 0.1) is 13.8 Å². The molecule has 0 saturated carbocycles. The van der Waals surface area contributed by atoms with Gasteiger partial charge in [0, 0.05) is 0 Å². The molecule has 0 atom stereocenters. The van der Waals surface area contributed by atoms with E-state index in [9.17, 15) is 9.59 Å². The van der Waals surface area contributed by atoms with Gasteiger partial charge in [0.2, 0.25) is 0 Å². The molecule has 3 N–H and O–H groups in total. The van der Waals surface area contributed by atoms with Crippen LogP contribution in [0.1, 0.15) is 16.2 Å². The lowest BCUT2D eigenvalue weighted by atomic mass is 10.3. The molecular weight excluding hydrogens is 278 g/mol. The molecule has 0 unspecified atom stereocenters. The Balaban J connectivity index is 2.09. The molecule has 2 rings (SSSR count). The van der Waals surface area contributed by atoms with Gasteiger partial charge in [0.1, 0.15) is 6.54 Å². The van der Waals surface area contributed by atoms with Crippen molar-refractivity contribution in [2.45, 2.75) is 20.4 Å². The van der Waals surface area contributed by atoms with Crippen LogP contribution < -0.4 is 11.1 Å². The number of aromatic nitrogens is 5. The van der Waals surface area contributed by atoms with Crippen molar-refractivity contribution in [2.75, 3.05) is 18.2 Å². The number of ether oxygens (including phenoxy) is 1. The average Bonchev–Trinajstić information content (AvgIpc) is 2.98. The van der Waals surface area contributed by atoms with Gasteiger partial charge in [0.05, 0.1) is 30.4 Å². The summed E-state index contributed by atoms with van der Waals surface area (Å²) in [5.41, 5.74) is 7.42. The van der Waals surface area contributed by atoms with Crippen LogP contribution in [0.3, 0.4) is 0 Å². The Morgan fingerprint density at radius 2 is 2.14 bits per heavy atom. The highest BCUT2D eigenvalue weighted by Gasteiger charge is 2.16. The molecule has 0 bridgehead atoms. The molecule has 10 heteroatoms. The molecule has 0 aliphatic rings. The SMILES string of the molecule is COC(=O)Nc1cn(CC(=O)n2nc(C)c(N)c2C)nn1. The number of carbonyl (C=O) groups excluding carboxylic acids is 2. The first kappa shape index (κ1) is 14.5. The molecule has 10 nitrogen and oxygen atoms in total. The van der Waals surface area contributed by atoms with Gasteiger partial charge >= 0.3 is 6.09 Å². The third-order valence-corrected chi connectivity index (χ3v) is 2.83. The number of nitrogens with two attached hydrogens (primary N) is 1. The van der Waals surface area contributed by atoms with Gasteiger partial charge in [-0.1, -0.05) is 5.21 Å². The second-order valence-corrected chi connectivity index (χ2v) is 4.31. The van der Waals surface area contributed by atoms with Gasteiger partial charge in [0.25, 0.3) is 5.91 Å². The highest BCUT2D eigenvalue weighted by Crippen LogP contribution is 2.14. The largest absolute Gasteiger partial charge is 0.453 e. The predicted molar refractivity (Wildman–Crippen MR) is 72.8 cm³/mol. The van der Waals surface area contributed by atoms with Crippen LogP contribution in [-0.4, -0.2) is 43.9 Å². The number of carbonyl (C=O) groups is 2. The smallest absolute Gasteiger partial charge is 0.412 e. The fourth-order valence-electron chi connectivity index (χ4n) is 1.69. The predicted octanol–water partition coefficient (Wildman–Crippen LogP) is 0.192. The minimum absolute atomic E-state index is 0.0861. The van der Waals surface area contributed by atoms with Gasteiger partial charge in [-0.2, -0.15) is 5.10 Å². The van der Waals surface area contributed by atoms with Gasteiger partial charge in [-0.3, -0.25) is 10.1 Å². The standard InChI is InChI=1S/C11H15N7O3/c1-6-10(12)7(2)18(15-6)9(19)5-17-4-8(14-16-17)13-11(20)21-3/h4H,5,12H2,1-3H3,(H,13,20). The van der Waals surface area contributed by atoms with E-state index in [1.54, 1.807) is 13.8 Å². The first-order chi connectivity index (χ1) is 9.92. The molecule has 21 heavy (non-hydrogen) atoms. The van der Waals surface area contributed by atoms with Crippen molar-refractivity contribution in [3.63, 3.8) is 0 Å². The van der Waals surface area contributed by atoms with Crippen LogP contribution in [-0.2, 0) is 11.3 Å². The number of hydrogen-bond acceptors (Lipinski definition) is 7. The summed E-state index contributed by atoms with van der Waals surface area (Å²) >= 11 is 0. The molecule has 0 saturated heterocycles. The minimum atomic E-state index is -0.667. The minimum Gasteiger partial charge on any atom is -0.453 e. The van der Waals surface area contributed by atoms with E-state index < -0.39 is 6.09 Å². The van der Waals surface area contributed by atoms with Gasteiger partial charge in [-0.25, -0.2) is 14.2 Å². The molecule has 2 aromatic heterocycles. The molecule has 0 spiro atoms. The van der Waals surface area contributed by atoms with Crippen LogP contribution in [0.2, 0.25) is 0 Å². The summed E-state index contributed by atoms with van der Waals surface area (Å²) in [6.07, 6.45) is 0.740. The Hall–Kier alpha value is -2.91. The number of anilines is 2. The molecular formula is C11H15N7O3. The molecule has 1 amide bonds. The molecule has 0 aromatic carbocycles. The molecule has 112 valence electrons. The monoisotopic (exact) mass is 293 g/mol.